The van der Waals surface area contributed by atoms with Crippen LogP contribution < -0.4 is 5.32 Å². The topological polar surface area (TPSA) is 56.0 Å². The average Bonchev–Trinajstić information content (AvgIpc) is 2.41. The predicted molar refractivity (Wildman–Crippen MR) is 76.0 cm³/mol. The zero-order valence-electron chi connectivity index (χ0n) is 11.3. The van der Waals surface area contributed by atoms with Crippen molar-refractivity contribution in [3.8, 4) is 11.8 Å². The fourth-order valence-electron chi connectivity index (χ4n) is 2.12. The number of nitriles is 1. The molecule has 0 aliphatic heterocycles. The molecule has 0 saturated heterocycles. The van der Waals surface area contributed by atoms with Gasteiger partial charge in [-0.25, -0.2) is 4.39 Å². The Morgan fingerprint density at radius 3 is 2.75 bits per heavy atom. The first-order chi connectivity index (χ1) is 9.52. The van der Waals surface area contributed by atoms with E-state index in [-0.39, 0.29) is 11.8 Å². The number of rotatable bonds is 3. The Hall–Kier alpha value is -2.54. The summed E-state index contributed by atoms with van der Waals surface area (Å²) in [4.78, 5) is 0. The molecule has 0 aliphatic carbocycles. The molecule has 0 saturated carbocycles. The summed E-state index contributed by atoms with van der Waals surface area (Å²) in [6.07, 6.45) is 0. The van der Waals surface area contributed by atoms with E-state index < -0.39 is 5.82 Å². The number of phenolic OH excluding ortho intramolecular Hbond substituents is 1. The predicted octanol–water partition coefficient (Wildman–Crippen LogP) is 3.88. The van der Waals surface area contributed by atoms with Crippen LogP contribution in [-0.2, 0) is 0 Å². The standard InChI is InChI=1S/C16H15FN2O/c1-10-4-3-5-15(14(10)9-18)19-11(2)13-8-12(17)6-7-16(13)20/h3-8,11,19-20H,1-2H3. The number of anilines is 1. The second-order valence-electron chi connectivity index (χ2n) is 4.68. The van der Waals surface area contributed by atoms with Crippen molar-refractivity contribution in [3.63, 3.8) is 0 Å². The maximum atomic E-state index is 13.3. The van der Waals surface area contributed by atoms with E-state index >= 15 is 0 Å². The van der Waals surface area contributed by atoms with Gasteiger partial charge in [-0.05, 0) is 43.7 Å². The number of hydrogen-bond donors (Lipinski definition) is 2. The highest BCUT2D eigenvalue weighted by atomic mass is 19.1. The molecule has 0 radical (unpaired) electrons. The van der Waals surface area contributed by atoms with Crippen molar-refractivity contribution < 1.29 is 9.50 Å². The lowest BCUT2D eigenvalue weighted by molar-refractivity contribution is 0.462. The van der Waals surface area contributed by atoms with Gasteiger partial charge in [0.2, 0.25) is 0 Å². The summed E-state index contributed by atoms with van der Waals surface area (Å²) in [7, 11) is 0. The van der Waals surface area contributed by atoms with Crippen molar-refractivity contribution in [2.24, 2.45) is 0 Å². The summed E-state index contributed by atoms with van der Waals surface area (Å²) in [6, 6.07) is 11.1. The minimum Gasteiger partial charge on any atom is -0.508 e. The molecule has 2 rings (SSSR count). The van der Waals surface area contributed by atoms with Gasteiger partial charge in [0, 0.05) is 5.56 Å². The Balaban J connectivity index is 2.33. The number of nitrogens with zero attached hydrogens (tertiary/aromatic N) is 1. The van der Waals surface area contributed by atoms with E-state index in [2.05, 4.69) is 11.4 Å². The maximum absolute atomic E-state index is 13.3. The smallest absolute Gasteiger partial charge is 0.123 e. The van der Waals surface area contributed by atoms with Gasteiger partial charge in [0.15, 0.2) is 0 Å². The van der Waals surface area contributed by atoms with Gasteiger partial charge in [0.05, 0.1) is 17.3 Å². The van der Waals surface area contributed by atoms with Crippen molar-refractivity contribution in [1.82, 2.24) is 0 Å². The summed E-state index contributed by atoms with van der Waals surface area (Å²) < 4.78 is 13.3. The lowest BCUT2D eigenvalue weighted by atomic mass is 10.0. The van der Waals surface area contributed by atoms with Crippen molar-refractivity contribution in [2.75, 3.05) is 5.32 Å². The van der Waals surface area contributed by atoms with E-state index in [1.807, 2.05) is 19.1 Å². The van der Waals surface area contributed by atoms with Crippen molar-refractivity contribution in [2.45, 2.75) is 19.9 Å². The van der Waals surface area contributed by atoms with E-state index in [0.29, 0.717) is 16.8 Å². The number of aryl methyl sites for hydroxylation is 1. The molecule has 0 spiro atoms. The quantitative estimate of drug-likeness (QED) is 0.889. The highest BCUT2D eigenvalue weighted by Crippen LogP contribution is 2.29. The van der Waals surface area contributed by atoms with E-state index in [9.17, 15) is 14.8 Å². The number of benzene rings is 2. The van der Waals surface area contributed by atoms with Gasteiger partial charge in [0.1, 0.15) is 17.6 Å². The summed E-state index contributed by atoms with van der Waals surface area (Å²) >= 11 is 0. The van der Waals surface area contributed by atoms with Gasteiger partial charge >= 0.3 is 0 Å². The van der Waals surface area contributed by atoms with Gasteiger partial charge < -0.3 is 10.4 Å². The summed E-state index contributed by atoms with van der Waals surface area (Å²) in [5, 5.41) is 22.1. The number of nitrogens with one attached hydrogen (secondary N) is 1. The second-order valence-corrected chi connectivity index (χ2v) is 4.68. The van der Waals surface area contributed by atoms with E-state index in [1.54, 1.807) is 13.0 Å². The van der Waals surface area contributed by atoms with Crippen LogP contribution in [0.2, 0.25) is 0 Å². The number of halogens is 1. The van der Waals surface area contributed by atoms with Crippen LogP contribution in [0, 0.1) is 24.1 Å². The van der Waals surface area contributed by atoms with Crippen molar-refractivity contribution in [1.29, 1.82) is 5.26 Å². The van der Waals surface area contributed by atoms with Gasteiger partial charge in [-0.1, -0.05) is 12.1 Å². The maximum Gasteiger partial charge on any atom is 0.123 e. The van der Waals surface area contributed by atoms with Crippen LogP contribution in [-0.4, -0.2) is 5.11 Å². The van der Waals surface area contributed by atoms with Gasteiger partial charge in [0.25, 0.3) is 0 Å². The zero-order valence-corrected chi connectivity index (χ0v) is 11.3. The molecule has 0 fully saturated rings. The molecule has 3 nitrogen and oxygen atoms in total. The third-order valence-corrected chi connectivity index (χ3v) is 3.21. The Kier molecular flexibility index (Phi) is 3.90. The van der Waals surface area contributed by atoms with Crippen LogP contribution in [0.15, 0.2) is 36.4 Å². The molecule has 1 unspecified atom stereocenters. The van der Waals surface area contributed by atoms with E-state index in [4.69, 9.17) is 0 Å². The second kappa shape index (κ2) is 5.62. The fourth-order valence-corrected chi connectivity index (χ4v) is 2.12. The molecule has 2 aromatic rings. The molecule has 0 aliphatic rings. The van der Waals surface area contributed by atoms with Gasteiger partial charge in [-0.15, -0.1) is 0 Å². The van der Waals surface area contributed by atoms with Crippen LogP contribution in [0.3, 0.4) is 0 Å². The molecule has 1 atom stereocenters. The molecule has 2 N–H and O–H groups in total. The Labute approximate surface area is 117 Å². The van der Waals surface area contributed by atoms with Gasteiger partial charge in [-0.2, -0.15) is 5.26 Å². The third-order valence-electron chi connectivity index (χ3n) is 3.21. The normalized spacial score (nSPS) is 11.7. The molecular weight excluding hydrogens is 255 g/mol. The first kappa shape index (κ1) is 13.9. The summed E-state index contributed by atoms with van der Waals surface area (Å²) in [5.41, 5.74) is 2.54. The first-order valence-corrected chi connectivity index (χ1v) is 6.27. The molecule has 0 amide bonds. The largest absolute Gasteiger partial charge is 0.508 e. The zero-order chi connectivity index (χ0) is 14.7. The lowest BCUT2D eigenvalue weighted by Gasteiger charge is -2.18. The third kappa shape index (κ3) is 2.72. The lowest BCUT2D eigenvalue weighted by Crippen LogP contribution is -2.09. The molecule has 0 aromatic heterocycles. The molecule has 4 heteroatoms. The summed E-state index contributed by atoms with van der Waals surface area (Å²) in [5.74, 6) is -0.381. The highest BCUT2D eigenvalue weighted by molar-refractivity contribution is 5.61. The van der Waals surface area contributed by atoms with Crippen LogP contribution in [0.4, 0.5) is 10.1 Å². The highest BCUT2D eigenvalue weighted by Gasteiger charge is 2.13. The minimum absolute atomic E-state index is 0.0255. The van der Waals surface area contributed by atoms with Crippen LogP contribution >= 0.6 is 0 Å². The van der Waals surface area contributed by atoms with Crippen LogP contribution in [0.1, 0.15) is 29.7 Å². The van der Waals surface area contributed by atoms with E-state index in [0.717, 1.165) is 5.56 Å². The SMILES string of the molecule is Cc1cccc(NC(C)c2cc(F)ccc2O)c1C#N. The average molecular weight is 270 g/mol. The molecular formula is C16H15FN2O. The number of aromatic hydroxyl groups is 1. The number of hydrogen-bond acceptors (Lipinski definition) is 3. The van der Waals surface area contributed by atoms with Gasteiger partial charge in [-0.3, -0.25) is 0 Å². The van der Waals surface area contributed by atoms with Crippen LogP contribution in [0.5, 0.6) is 5.75 Å². The molecule has 0 bridgehead atoms. The molecule has 0 heterocycles. The summed E-state index contributed by atoms with van der Waals surface area (Å²) in [6.45, 7) is 3.66. The van der Waals surface area contributed by atoms with E-state index in [1.165, 1.54) is 18.2 Å². The molecule has 2 aromatic carbocycles. The Morgan fingerprint density at radius 2 is 2.05 bits per heavy atom. The Morgan fingerprint density at radius 1 is 1.30 bits per heavy atom. The molecule has 102 valence electrons. The van der Waals surface area contributed by atoms with Crippen LogP contribution in [0.25, 0.3) is 0 Å². The number of phenols is 1. The van der Waals surface area contributed by atoms with Crippen molar-refractivity contribution >= 4 is 5.69 Å². The first-order valence-electron chi connectivity index (χ1n) is 6.27. The monoisotopic (exact) mass is 270 g/mol. The van der Waals surface area contributed by atoms with Crippen molar-refractivity contribution in [3.05, 3.63) is 58.9 Å². The molecule has 20 heavy (non-hydrogen) atoms. The fraction of sp³-hybridized carbons (Fsp3) is 0.188. The minimum atomic E-state index is -0.406. The Bertz CT molecular complexity index is 677.